The van der Waals surface area contributed by atoms with Crippen LogP contribution in [0.2, 0.25) is 0 Å². The second-order valence-electron chi connectivity index (χ2n) is 6.48. The van der Waals surface area contributed by atoms with Gasteiger partial charge in [0.25, 0.3) is 0 Å². The summed E-state index contributed by atoms with van der Waals surface area (Å²) in [6.45, 7) is 6.37. The Bertz CT molecular complexity index is 501. The van der Waals surface area contributed by atoms with Gasteiger partial charge < -0.3 is 15.7 Å². The number of aryl methyl sites for hydroxylation is 1. The average molecular weight is 305 g/mol. The lowest BCUT2D eigenvalue weighted by molar-refractivity contribution is 0.0398. The van der Waals surface area contributed by atoms with Crippen molar-refractivity contribution in [2.75, 3.05) is 31.1 Å². The van der Waals surface area contributed by atoms with Crippen molar-refractivity contribution in [1.29, 1.82) is 0 Å². The summed E-state index contributed by atoms with van der Waals surface area (Å²) in [6, 6.07) is 2.61. The van der Waals surface area contributed by atoms with E-state index in [2.05, 4.69) is 19.8 Å². The van der Waals surface area contributed by atoms with Crippen molar-refractivity contribution in [2.24, 2.45) is 5.73 Å². The molecule has 0 radical (unpaired) electrons. The fourth-order valence-corrected chi connectivity index (χ4v) is 3.65. The van der Waals surface area contributed by atoms with Crippen molar-refractivity contribution >= 4 is 5.82 Å². The Kier molecular flexibility index (Phi) is 4.90. The predicted molar refractivity (Wildman–Crippen MR) is 86.7 cm³/mol. The zero-order chi connectivity index (χ0) is 15.5. The van der Waals surface area contributed by atoms with Gasteiger partial charge in [0, 0.05) is 38.3 Å². The molecule has 22 heavy (non-hydrogen) atoms. The maximum atomic E-state index is 9.85. The molecular formula is C16H27N5O. The minimum Gasteiger partial charge on any atom is -0.392 e. The van der Waals surface area contributed by atoms with Gasteiger partial charge in [0.2, 0.25) is 0 Å². The zero-order valence-corrected chi connectivity index (χ0v) is 13.4. The molecule has 1 unspecified atom stereocenters. The van der Waals surface area contributed by atoms with Crippen LogP contribution in [0.3, 0.4) is 0 Å². The maximum absolute atomic E-state index is 9.85. The van der Waals surface area contributed by atoms with Crippen molar-refractivity contribution in [3.63, 3.8) is 0 Å². The van der Waals surface area contributed by atoms with E-state index in [9.17, 15) is 5.11 Å². The summed E-state index contributed by atoms with van der Waals surface area (Å²) in [6.07, 6.45) is 4.20. The third kappa shape index (κ3) is 3.56. The van der Waals surface area contributed by atoms with E-state index in [4.69, 9.17) is 5.73 Å². The summed E-state index contributed by atoms with van der Waals surface area (Å²) in [5.74, 6) is 1.80. The molecule has 1 atom stereocenters. The molecule has 0 aromatic carbocycles. The maximum Gasteiger partial charge on any atom is 0.132 e. The third-order valence-corrected chi connectivity index (χ3v) is 4.82. The molecule has 2 aliphatic heterocycles. The Morgan fingerprint density at radius 2 is 2.00 bits per heavy atom. The number of aromatic nitrogens is 2. The number of nitrogens with zero attached hydrogens (tertiary/aromatic N) is 4. The van der Waals surface area contributed by atoms with E-state index >= 15 is 0 Å². The SMILES string of the molecule is Cc1nc(CN)cc(N2CCC(N3CCCC(O)C3)CC2)n1. The largest absolute Gasteiger partial charge is 0.392 e. The van der Waals surface area contributed by atoms with E-state index in [1.165, 1.54) is 0 Å². The van der Waals surface area contributed by atoms with Crippen LogP contribution in [-0.2, 0) is 6.54 Å². The number of piperidine rings is 2. The van der Waals surface area contributed by atoms with Crippen LogP contribution < -0.4 is 10.6 Å². The van der Waals surface area contributed by atoms with Crippen LogP contribution >= 0.6 is 0 Å². The number of anilines is 1. The Labute approximate surface area is 132 Å². The lowest BCUT2D eigenvalue weighted by Gasteiger charge is -2.41. The standard InChI is InChI=1S/C16H27N5O/c1-12-18-13(10-17)9-16(19-12)20-7-4-14(5-8-20)21-6-2-3-15(22)11-21/h9,14-15,22H,2-8,10-11,17H2,1H3. The number of aliphatic hydroxyl groups excluding tert-OH is 1. The fraction of sp³-hybridized carbons (Fsp3) is 0.750. The normalized spacial score (nSPS) is 24.7. The van der Waals surface area contributed by atoms with Crippen LogP contribution in [0.1, 0.15) is 37.2 Å². The van der Waals surface area contributed by atoms with Crippen molar-refractivity contribution in [3.05, 3.63) is 17.6 Å². The van der Waals surface area contributed by atoms with E-state index < -0.39 is 0 Å². The highest BCUT2D eigenvalue weighted by molar-refractivity contribution is 5.40. The Balaban J connectivity index is 1.60. The molecule has 1 aromatic heterocycles. The Morgan fingerprint density at radius 1 is 1.23 bits per heavy atom. The van der Waals surface area contributed by atoms with E-state index in [-0.39, 0.29) is 6.10 Å². The molecule has 2 fully saturated rings. The predicted octanol–water partition coefficient (Wildman–Crippen LogP) is 0.669. The minimum atomic E-state index is -0.136. The van der Waals surface area contributed by atoms with Crippen LogP contribution in [0.5, 0.6) is 0 Å². The number of β-amino-alcohol motifs (C(OH)–C–C–N with tert-alkyl or cyclic N) is 1. The number of rotatable bonds is 3. The number of hydrogen-bond donors (Lipinski definition) is 2. The van der Waals surface area contributed by atoms with E-state index in [1.54, 1.807) is 0 Å². The summed E-state index contributed by atoms with van der Waals surface area (Å²) < 4.78 is 0. The van der Waals surface area contributed by atoms with Gasteiger partial charge in [-0.2, -0.15) is 0 Å². The first-order valence-corrected chi connectivity index (χ1v) is 8.37. The third-order valence-electron chi connectivity index (χ3n) is 4.82. The molecule has 0 amide bonds. The fourth-order valence-electron chi connectivity index (χ4n) is 3.65. The van der Waals surface area contributed by atoms with Crippen LogP contribution in [0, 0.1) is 6.92 Å². The van der Waals surface area contributed by atoms with Crippen LogP contribution in [0.15, 0.2) is 6.07 Å². The van der Waals surface area contributed by atoms with Gasteiger partial charge in [-0.1, -0.05) is 0 Å². The lowest BCUT2D eigenvalue weighted by Crippen LogP contribution is -2.49. The molecule has 122 valence electrons. The minimum absolute atomic E-state index is 0.136. The van der Waals surface area contributed by atoms with Gasteiger partial charge in [-0.3, -0.25) is 4.90 Å². The van der Waals surface area contributed by atoms with Gasteiger partial charge in [-0.15, -0.1) is 0 Å². The monoisotopic (exact) mass is 305 g/mol. The molecule has 0 aliphatic carbocycles. The highest BCUT2D eigenvalue weighted by Gasteiger charge is 2.28. The molecule has 3 heterocycles. The lowest BCUT2D eigenvalue weighted by atomic mass is 9.99. The van der Waals surface area contributed by atoms with E-state index in [0.717, 1.165) is 69.2 Å². The van der Waals surface area contributed by atoms with Crippen molar-refractivity contribution < 1.29 is 5.11 Å². The molecule has 3 rings (SSSR count). The quantitative estimate of drug-likeness (QED) is 0.854. The second-order valence-corrected chi connectivity index (χ2v) is 6.48. The Hall–Kier alpha value is -1.24. The van der Waals surface area contributed by atoms with Crippen LogP contribution in [0.4, 0.5) is 5.82 Å². The molecule has 0 saturated carbocycles. The molecule has 1 aromatic rings. The van der Waals surface area contributed by atoms with Crippen molar-refractivity contribution in [1.82, 2.24) is 14.9 Å². The van der Waals surface area contributed by atoms with Crippen LogP contribution in [0.25, 0.3) is 0 Å². The Morgan fingerprint density at radius 3 is 2.68 bits per heavy atom. The van der Waals surface area contributed by atoms with Crippen molar-refractivity contribution in [2.45, 2.75) is 51.3 Å². The number of hydrogen-bond acceptors (Lipinski definition) is 6. The number of likely N-dealkylation sites (tertiary alicyclic amines) is 1. The summed E-state index contributed by atoms with van der Waals surface area (Å²) in [4.78, 5) is 13.7. The number of aliphatic hydroxyl groups is 1. The summed E-state index contributed by atoms with van der Waals surface area (Å²) in [5, 5.41) is 9.85. The first kappa shape index (κ1) is 15.6. The van der Waals surface area contributed by atoms with Gasteiger partial charge >= 0.3 is 0 Å². The van der Waals surface area contributed by atoms with Gasteiger partial charge in [0.05, 0.1) is 11.8 Å². The molecule has 0 bridgehead atoms. The first-order chi connectivity index (χ1) is 10.7. The summed E-state index contributed by atoms with van der Waals surface area (Å²) in [5.41, 5.74) is 6.62. The molecule has 3 N–H and O–H groups in total. The van der Waals surface area contributed by atoms with Crippen LogP contribution in [-0.4, -0.2) is 58.3 Å². The molecular weight excluding hydrogens is 278 g/mol. The van der Waals surface area contributed by atoms with E-state index in [1.807, 2.05) is 13.0 Å². The molecule has 0 spiro atoms. The van der Waals surface area contributed by atoms with Gasteiger partial charge in [-0.25, -0.2) is 9.97 Å². The van der Waals surface area contributed by atoms with E-state index in [0.29, 0.717) is 12.6 Å². The van der Waals surface area contributed by atoms with Crippen molar-refractivity contribution in [3.8, 4) is 0 Å². The molecule has 6 heteroatoms. The highest BCUT2D eigenvalue weighted by Crippen LogP contribution is 2.24. The summed E-state index contributed by atoms with van der Waals surface area (Å²) >= 11 is 0. The zero-order valence-electron chi connectivity index (χ0n) is 13.4. The second kappa shape index (κ2) is 6.89. The molecule has 2 saturated heterocycles. The molecule has 6 nitrogen and oxygen atoms in total. The van der Waals surface area contributed by atoms with Gasteiger partial charge in [0.15, 0.2) is 0 Å². The molecule has 2 aliphatic rings. The summed E-state index contributed by atoms with van der Waals surface area (Å²) in [7, 11) is 0. The van der Waals surface area contributed by atoms with Gasteiger partial charge in [-0.05, 0) is 39.2 Å². The highest BCUT2D eigenvalue weighted by atomic mass is 16.3. The smallest absolute Gasteiger partial charge is 0.132 e. The first-order valence-electron chi connectivity index (χ1n) is 8.37. The topological polar surface area (TPSA) is 78.5 Å². The average Bonchev–Trinajstić information content (AvgIpc) is 2.54. The number of nitrogens with two attached hydrogens (primary N) is 1. The van der Waals surface area contributed by atoms with Gasteiger partial charge in [0.1, 0.15) is 11.6 Å².